The average Bonchev–Trinajstić information content (AvgIpc) is 2.59. The molecule has 0 saturated carbocycles. The predicted molar refractivity (Wildman–Crippen MR) is 94.3 cm³/mol. The number of nitrogens with one attached hydrogen (secondary N) is 1. The molecule has 0 radical (unpaired) electrons. The van der Waals surface area contributed by atoms with E-state index in [1.165, 1.54) is 37.5 Å². The number of anilines is 2. The van der Waals surface area contributed by atoms with Crippen molar-refractivity contribution in [3.8, 4) is 0 Å². The van der Waals surface area contributed by atoms with Gasteiger partial charge in [0.1, 0.15) is 5.82 Å². The summed E-state index contributed by atoms with van der Waals surface area (Å²) in [6.45, 7) is 3.07. The van der Waals surface area contributed by atoms with Crippen LogP contribution in [0.5, 0.6) is 0 Å². The van der Waals surface area contributed by atoms with E-state index in [4.69, 9.17) is 5.73 Å². The largest absolute Gasteiger partial charge is 0.397 e. The van der Waals surface area contributed by atoms with Crippen LogP contribution in [0.1, 0.15) is 35.2 Å². The minimum atomic E-state index is -0.432. The van der Waals surface area contributed by atoms with E-state index >= 15 is 0 Å². The molecule has 0 unspecified atom stereocenters. The van der Waals surface area contributed by atoms with E-state index in [1.54, 1.807) is 6.07 Å². The molecule has 1 fully saturated rings. The molecule has 1 saturated heterocycles. The highest BCUT2D eigenvalue weighted by Gasteiger charge is 2.13. The topological polar surface area (TPSA) is 58.4 Å². The van der Waals surface area contributed by atoms with Crippen LogP contribution in [0, 0.1) is 5.82 Å². The summed E-state index contributed by atoms with van der Waals surface area (Å²) in [7, 11) is 0. The molecule has 1 amide bonds. The number of halogens is 1. The van der Waals surface area contributed by atoms with Gasteiger partial charge in [-0.05, 0) is 61.8 Å². The lowest BCUT2D eigenvalue weighted by Crippen LogP contribution is -2.29. The Morgan fingerprint density at radius 3 is 2.71 bits per heavy atom. The molecule has 24 heavy (non-hydrogen) atoms. The Morgan fingerprint density at radius 1 is 1.12 bits per heavy atom. The normalized spacial score (nSPS) is 15.2. The van der Waals surface area contributed by atoms with Gasteiger partial charge in [0.25, 0.3) is 5.91 Å². The molecule has 4 nitrogen and oxygen atoms in total. The summed E-state index contributed by atoms with van der Waals surface area (Å²) in [4.78, 5) is 14.8. The van der Waals surface area contributed by atoms with Crippen molar-refractivity contribution >= 4 is 17.3 Å². The van der Waals surface area contributed by atoms with E-state index in [-0.39, 0.29) is 5.91 Å². The van der Waals surface area contributed by atoms with Gasteiger partial charge in [0.05, 0.1) is 11.4 Å². The highest BCUT2D eigenvalue weighted by molar-refractivity contribution is 6.05. The van der Waals surface area contributed by atoms with Crippen LogP contribution in [-0.2, 0) is 6.54 Å². The van der Waals surface area contributed by atoms with Gasteiger partial charge in [0.15, 0.2) is 0 Å². The zero-order valence-electron chi connectivity index (χ0n) is 13.6. The van der Waals surface area contributed by atoms with Crippen molar-refractivity contribution in [1.82, 2.24) is 4.90 Å². The summed E-state index contributed by atoms with van der Waals surface area (Å²) in [6.07, 6.45) is 3.77. The van der Waals surface area contributed by atoms with Crippen LogP contribution < -0.4 is 11.1 Å². The number of carbonyl (C=O) groups excluding carboxylic acids is 1. The van der Waals surface area contributed by atoms with E-state index < -0.39 is 5.82 Å². The van der Waals surface area contributed by atoms with Crippen LogP contribution in [0.3, 0.4) is 0 Å². The van der Waals surface area contributed by atoms with Gasteiger partial charge in [0.2, 0.25) is 0 Å². The number of nitrogen functional groups attached to an aromatic ring is 1. The fraction of sp³-hybridized carbons (Fsp3) is 0.316. The van der Waals surface area contributed by atoms with Gasteiger partial charge in [-0.2, -0.15) is 0 Å². The number of nitrogens with zero attached hydrogens (tertiary/aromatic N) is 1. The van der Waals surface area contributed by atoms with Crippen molar-refractivity contribution in [3.63, 3.8) is 0 Å². The van der Waals surface area contributed by atoms with Crippen molar-refractivity contribution in [3.05, 3.63) is 59.4 Å². The maximum Gasteiger partial charge on any atom is 0.255 e. The Labute approximate surface area is 141 Å². The number of hydrogen-bond acceptors (Lipinski definition) is 3. The van der Waals surface area contributed by atoms with Crippen LogP contribution in [0.15, 0.2) is 42.5 Å². The van der Waals surface area contributed by atoms with Gasteiger partial charge in [-0.3, -0.25) is 9.69 Å². The molecule has 3 rings (SSSR count). The number of benzene rings is 2. The molecule has 2 aromatic rings. The molecule has 5 heteroatoms. The molecule has 0 bridgehead atoms. The lowest BCUT2D eigenvalue weighted by molar-refractivity contribution is 0.102. The molecular formula is C19H22FN3O. The smallest absolute Gasteiger partial charge is 0.255 e. The van der Waals surface area contributed by atoms with Gasteiger partial charge in [-0.25, -0.2) is 4.39 Å². The standard InChI is InChI=1S/C19H22FN3O/c20-16-7-8-17(21)18(12-16)22-19(24)15-6-4-5-14(11-15)13-23-9-2-1-3-10-23/h4-8,11-12H,1-3,9-10,13,21H2,(H,22,24). The second kappa shape index (κ2) is 7.45. The Kier molecular flexibility index (Phi) is 5.11. The first kappa shape index (κ1) is 16.5. The second-order valence-electron chi connectivity index (χ2n) is 6.22. The highest BCUT2D eigenvalue weighted by atomic mass is 19.1. The molecule has 1 heterocycles. The minimum absolute atomic E-state index is 0.284. The van der Waals surface area contributed by atoms with Gasteiger partial charge in [0, 0.05) is 12.1 Å². The number of likely N-dealkylation sites (tertiary alicyclic amines) is 1. The fourth-order valence-electron chi connectivity index (χ4n) is 3.02. The van der Waals surface area contributed by atoms with Gasteiger partial charge in [-0.15, -0.1) is 0 Å². The van der Waals surface area contributed by atoms with Crippen LogP contribution in [0.2, 0.25) is 0 Å². The average molecular weight is 327 g/mol. The number of rotatable bonds is 4. The first-order valence-corrected chi connectivity index (χ1v) is 8.29. The van der Waals surface area contributed by atoms with E-state index in [2.05, 4.69) is 10.2 Å². The van der Waals surface area contributed by atoms with Gasteiger partial charge in [-0.1, -0.05) is 18.6 Å². The van der Waals surface area contributed by atoms with Crippen molar-refractivity contribution in [2.75, 3.05) is 24.1 Å². The third kappa shape index (κ3) is 4.11. The van der Waals surface area contributed by atoms with Crippen molar-refractivity contribution < 1.29 is 9.18 Å². The zero-order valence-corrected chi connectivity index (χ0v) is 13.6. The van der Waals surface area contributed by atoms with E-state index in [0.717, 1.165) is 25.2 Å². The molecule has 0 aromatic heterocycles. The molecule has 0 atom stereocenters. The quantitative estimate of drug-likeness (QED) is 0.843. The number of piperidine rings is 1. The Bertz CT molecular complexity index is 726. The monoisotopic (exact) mass is 327 g/mol. The molecule has 0 aliphatic carbocycles. The highest BCUT2D eigenvalue weighted by Crippen LogP contribution is 2.20. The van der Waals surface area contributed by atoms with Crippen molar-refractivity contribution in [1.29, 1.82) is 0 Å². The summed E-state index contributed by atoms with van der Waals surface area (Å²) in [6, 6.07) is 11.5. The Morgan fingerprint density at radius 2 is 1.92 bits per heavy atom. The Hall–Kier alpha value is -2.40. The van der Waals surface area contributed by atoms with Crippen LogP contribution in [0.4, 0.5) is 15.8 Å². The van der Waals surface area contributed by atoms with E-state index in [0.29, 0.717) is 16.9 Å². The maximum absolute atomic E-state index is 13.3. The summed E-state index contributed by atoms with van der Waals surface area (Å²) >= 11 is 0. The second-order valence-corrected chi connectivity index (χ2v) is 6.22. The number of nitrogens with two attached hydrogens (primary N) is 1. The molecule has 2 aromatic carbocycles. The minimum Gasteiger partial charge on any atom is -0.397 e. The van der Waals surface area contributed by atoms with Gasteiger partial charge >= 0.3 is 0 Å². The zero-order chi connectivity index (χ0) is 16.9. The number of amides is 1. The summed E-state index contributed by atoms with van der Waals surface area (Å²) < 4.78 is 13.3. The van der Waals surface area contributed by atoms with Crippen LogP contribution in [-0.4, -0.2) is 23.9 Å². The maximum atomic E-state index is 13.3. The number of carbonyl (C=O) groups is 1. The predicted octanol–water partition coefficient (Wildman–Crippen LogP) is 3.65. The lowest BCUT2D eigenvalue weighted by atomic mass is 10.1. The van der Waals surface area contributed by atoms with Crippen LogP contribution >= 0.6 is 0 Å². The first-order chi connectivity index (χ1) is 11.6. The third-order valence-electron chi connectivity index (χ3n) is 4.31. The molecule has 1 aliphatic rings. The summed E-state index contributed by atoms with van der Waals surface area (Å²) in [5, 5.41) is 2.68. The third-order valence-corrected chi connectivity index (χ3v) is 4.31. The van der Waals surface area contributed by atoms with Gasteiger partial charge < -0.3 is 11.1 Å². The molecule has 3 N–H and O–H groups in total. The van der Waals surface area contributed by atoms with E-state index in [9.17, 15) is 9.18 Å². The van der Waals surface area contributed by atoms with Crippen molar-refractivity contribution in [2.24, 2.45) is 0 Å². The summed E-state index contributed by atoms with van der Waals surface area (Å²) in [5.74, 6) is -0.717. The molecule has 126 valence electrons. The SMILES string of the molecule is Nc1ccc(F)cc1NC(=O)c1cccc(CN2CCCCC2)c1. The number of hydrogen-bond donors (Lipinski definition) is 2. The molecule has 1 aliphatic heterocycles. The summed E-state index contributed by atoms with van der Waals surface area (Å²) in [5.41, 5.74) is 8.07. The Balaban J connectivity index is 1.70. The lowest BCUT2D eigenvalue weighted by Gasteiger charge is -2.26. The van der Waals surface area contributed by atoms with Crippen LogP contribution in [0.25, 0.3) is 0 Å². The van der Waals surface area contributed by atoms with Crippen molar-refractivity contribution in [2.45, 2.75) is 25.8 Å². The van der Waals surface area contributed by atoms with E-state index in [1.807, 2.05) is 18.2 Å². The molecular weight excluding hydrogens is 305 g/mol. The fourth-order valence-corrected chi connectivity index (χ4v) is 3.02. The first-order valence-electron chi connectivity index (χ1n) is 8.29. The molecule has 0 spiro atoms.